The second-order valence-corrected chi connectivity index (χ2v) is 8.98. The molecule has 1 amide bonds. The standard InChI is InChI=1S/C27H23N9O/c1-36(2)15-25(37)32-18-9-17(12-29-13-18)22-11-21-24(14-31-22)34-35-26(21)23-10-20-19(5-8-30-27(20)33-23)16-3-6-28-7-4-16/h3-14H,15H2,1-2H3,(H,30,33)(H,32,37)(H,34,35). The Hall–Kier alpha value is -4.96. The van der Waals surface area contributed by atoms with E-state index in [0.29, 0.717) is 5.69 Å². The average Bonchev–Trinajstić information content (AvgIpc) is 3.52. The number of nitrogens with zero attached hydrogens (tertiary/aromatic N) is 6. The topological polar surface area (TPSA) is 128 Å². The van der Waals surface area contributed by atoms with Crippen LogP contribution in [0.1, 0.15) is 0 Å². The highest BCUT2D eigenvalue weighted by Gasteiger charge is 2.16. The summed E-state index contributed by atoms with van der Waals surface area (Å²) in [7, 11) is 3.69. The van der Waals surface area contributed by atoms with Crippen molar-refractivity contribution < 1.29 is 4.79 Å². The van der Waals surface area contributed by atoms with Crippen LogP contribution in [0.4, 0.5) is 5.69 Å². The molecular weight excluding hydrogens is 466 g/mol. The van der Waals surface area contributed by atoms with Gasteiger partial charge in [0.15, 0.2) is 0 Å². The fourth-order valence-corrected chi connectivity index (χ4v) is 4.35. The molecule has 0 aliphatic heterocycles. The number of hydrogen-bond donors (Lipinski definition) is 3. The van der Waals surface area contributed by atoms with Gasteiger partial charge in [-0.3, -0.25) is 24.8 Å². The van der Waals surface area contributed by atoms with Gasteiger partial charge in [0, 0.05) is 41.1 Å². The molecule has 0 saturated carbocycles. The number of pyridine rings is 4. The highest BCUT2D eigenvalue weighted by Crippen LogP contribution is 2.34. The quantitative estimate of drug-likeness (QED) is 0.321. The number of fused-ring (bicyclic) bond motifs is 2. The van der Waals surface area contributed by atoms with Gasteiger partial charge in [-0.25, -0.2) is 4.98 Å². The Labute approximate surface area is 211 Å². The molecule has 0 unspecified atom stereocenters. The second kappa shape index (κ2) is 9.25. The van der Waals surface area contributed by atoms with Gasteiger partial charge in [-0.15, -0.1) is 0 Å². The van der Waals surface area contributed by atoms with Crippen LogP contribution in [0.3, 0.4) is 0 Å². The maximum atomic E-state index is 12.2. The third-order valence-electron chi connectivity index (χ3n) is 6.00. The van der Waals surface area contributed by atoms with Crippen LogP contribution in [-0.4, -0.2) is 66.6 Å². The minimum atomic E-state index is -0.108. The molecule has 3 N–H and O–H groups in total. The molecule has 0 aliphatic rings. The zero-order valence-electron chi connectivity index (χ0n) is 20.2. The first-order valence-electron chi connectivity index (χ1n) is 11.7. The number of rotatable bonds is 6. The third-order valence-corrected chi connectivity index (χ3v) is 6.00. The number of carbonyl (C=O) groups is 1. The number of amides is 1. The summed E-state index contributed by atoms with van der Waals surface area (Å²) in [5, 5.41) is 12.4. The van der Waals surface area contributed by atoms with Gasteiger partial charge in [-0.05, 0) is 61.6 Å². The summed E-state index contributed by atoms with van der Waals surface area (Å²) in [6.45, 7) is 0.287. The third kappa shape index (κ3) is 4.41. The molecule has 0 fully saturated rings. The van der Waals surface area contributed by atoms with Crippen molar-refractivity contribution >= 4 is 33.5 Å². The average molecular weight is 490 g/mol. The predicted molar refractivity (Wildman–Crippen MR) is 143 cm³/mol. The number of H-pyrrole nitrogens is 2. The zero-order valence-corrected chi connectivity index (χ0v) is 20.2. The Morgan fingerprint density at radius 1 is 0.919 bits per heavy atom. The van der Waals surface area contributed by atoms with Gasteiger partial charge < -0.3 is 15.2 Å². The molecule has 10 heteroatoms. The number of nitrogens with one attached hydrogen (secondary N) is 3. The van der Waals surface area contributed by atoms with E-state index in [0.717, 1.165) is 55.7 Å². The fourth-order valence-electron chi connectivity index (χ4n) is 4.35. The van der Waals surface area contributed by atoms with Gasteiger partial charge in [0.05, 0.1) is 41.5 Å². The first-order chi connectivity index (χ1) is 18.0. The van der Waals surface area contributed by atoms with Crippen LogP contribution in [0.25, 0.3) is 55.7 Å². The molecule has 0 aliphatic carbocycles. The summed E-state index contributed by atoms with van der Waals surface area (Å²) < 4.78 is 0. The monoisotopic (exact) mass is 489 g/mol. The van der Waals surface area contributed by atoms with Crippen LogP contribution in [0.5, 0.6) is 0 Å². The van der Waals surface area contributed by atoms with E-state index in [2.05, 4.69) is 46.5 Å². The van der Waals surface area contributed by atoms with Crippen molar-refractivity contribution in [2.45, 2.75) is 0 Å². The van der Waals surface area contributed by atoms with Gasteiger partial charge in [0.25, 0.3) is 0 Å². The van der Waals surface area contributed by atoms with Crippen molar-refractivity contribution in [3.05, 3.63) is 73.6 Å². The number of hydrogen-bond acceptors (Lipinski definition) is 7. The van der Waals surface area contributed by atoms with Gasteiger partial charge >= 0.3 is 0 Å². The lowest BCUT2D eigenvalue weighted by molar-refractivity contribution is -0.116. The lowest BCUT2D eigenvalue weighted by Crippen LogP contribution is -2.27. The number of aromatic nitrogens is 7. The number of likely N-dealkylation sites (N-methyl/N-ethyl adjacent to an activating group) is 1. The van der Waals surface area contributed by atoms with Crippen molar-refractivity contribution in [2.24, 2.45) is 0 Å². The molecule has 182 valence electrons. The molecule has 6 aromatic rings. The van der Waals surface area contributed by atoms with Gasteiger partial charge in [-0.1, -0.05) is 0 Å². The summed E-state index contributed by atoms with van der Waals surface area (Å²) in [6, 6.07) is 11.9. The zero-order chi connectivity index (χ0) is 25.4. The van der Waals surface area contributed by atoms with E-state index >= 15 is 0 Å². The Bertz CT molecular complexity index is 1740. The van der Waals surface area contributed by atoms with E-state index < -0.39 is 0 Å². The van der Waals surface area contributed by atoms with Crippen LogP contribution >= 0.6 is 0 Å². The van der Waals surface area contributed by atoms with E-state index in [9.17, 15) is 4.79 Å². The highest BCUT2D eigenvalue weighted by atomic mass is 16.2. The van der Waals surface area contributed by atoms with E-state index in [1.54, 1.807) is 37.2 Å². The highest BCUT2D eigenvalue weighted by molar-refractivity contribution is 6.00. The Kier molecular flexibility index (Phi) is 5.62. The molecule has 6 aromatic heterocycles. The van der Waals surface area contributed by atoms with Crippen molar-refractivity contribution in [1.82, 2.24) is 40.0 Å². The molecule has 0 bridgehead atoms. The smallest absolute Gasteiger partial charge is 0.238 e. The second-order valence-electron chi connectivity index (χ2n) is 8.98. The summed E-state index contributed by atoms with van der Waals surface area (Å²) in [6.07, 6.45) is 10.5. The Balaban J connectivity index is 1.38. The van der Waals surface area contributed by atoms with E-state index in [4.69, 9.17) is 0 Å². The molecule has 10 nitrogen and oxygen atoms in total. The van der Waals surface area contributed by atoms with E-state index in [-0.39, 0.29) is 12.5 Å². The molecule has 6 heterocycles. The largest absolute Gasteiger partial charge is 0.338 e. The van der Waals surface area contributed by atoms with Crippen molar-refractivity contribution in [1.29, 1.82) is 0 Å². The number of aromatic amines is 2. The summed E-state index contributed by atoms with van der Waals surface area (Å²) in [4.78, 5) is 34.9. The minimum absolute atomic E-state index is 0.108. The van der Waals surface area contributed by atoms with Crippen LogP contribution in [0.2, 0.25) is 0 Å². The molecule has 37 heavy (non-hydrogen) atoms. The lowest BCUT2D eigenvalue weighted by atomic mass is 10.0. The van der Waals surface area contributed by atoms with Crippen LogP contribution in [0.15, 0.2) is 73.6 Å². The molecule has 0 atom stereocenters. The van der Waals surface area contributed by atoms with Gasteiger partial charge in [0.1, 0.15) is 11.3 Å². The first kappa shape index (κ1) is 22.5. The van der Waals surface area contributed by atoms with Crippen LogP contribution < -0.4 is 5.32 Å². The molecule has 6 rings (SSSR count). The van der Waals surface area contributed by atoms with Crippen molar-refractivity contribution in [2.75, 3.05) is 26.0 Å². The van der Waals surface area contributed by atoms with Gasteiger partial charge in [-0.2, -0.15) is 5.10 Å². The fraction of sp³-hybridized carbons (Fsp3) is 0.111. The van der Waals surface area contributed by atoms with E-state index in [1.165, 1.54) is 0 Å². The number of carbonyl (C=O) groups excluding carboxylic acids is 1. The van der Waals surface area contributed by atoms with Crippen LogP contribution in [0, 0.1) is 0 Å². The van der Waals surface area contributed by atoms with Gasteiger partial charge in [0.2, 0.25) is 5.91 Å². The Morgan fingerprint density at radius 3 is 2.62 bits per heavy atom. The summed E-state index contributed by atoms with van der Waals surface area (Å²) in [5.74, 6) is -0.108. The lowest BCUT2D eigenvalue weighted by Gasteiger charge is -2.10. The SMILES string of the molecule is CN(C)CC(=O)Nc1cncc(-c2cc3c(-c4cc5c(-c6ccncc6)ccnc5[nH]4)n[nH]c3cn2)c1. The van der Waals surface area contributed by atoms with E-state index in [1.807, 2.05) is 49.3 Å². The predicted octanol–water partition coefficient (Wildman–Crippen LogP) is 4.13. The van der Waals surface area contributed by atoms with Crippen LogP contribution in [-0.2, 0) is 4.79 Å². The summed E-state index contributed by atoms with van der Waals surface area (Å²) >= 11 is 0. The molecule has 0 radical (unpaired) electrons. The first-order valence-corrected chi connectivity index (χ1v) is 11.7. The van der Waals surface area contributed by atoms with Crippen molar-refractivity contribution in [3.8, 4) is 33.8 Å². The molecule has 0 spiro atoms. The normalized spacial score (nSPS) is 11.4. The maximum Gasteiger partial charge on any atom is 0.238 e. The van der Waals surface area contributed by atoms with Crippen molar-refractivity contribution in [3.63, 3.8) is 0 Å². The Morgan fingerprint density at radius 2 is 1.78 bits per heavy atom. The summed E-state index contributed by atoms with van der Waals surface area (Å²) in [5.41, 5.74) is 7.45. The maximum absolute atomic E-state index is 12.2. The molecule has 0 aromatic carbocycles. The molecule has 0 saturated heterocycles. The minimum Gasteiger partial charge on any atom is -0.338 e. The number of anilines is 1. The molecular formula is C27H23N9O.